The summed E-state index contributed by atoms with van der Waals surface area (Å²) in [6.45, 7) is 2.60. The predicted molar refractivity (Wildman–Crippen MR) is 109 cm³/mol. The molecule has 4 aromatic rings. The van der Waals surface area contributed by atoms with Crippen molar-refractivity contribution >= 4 is 27.2 Å². The number of hydrogen-bond donors (Lipinski definition) is 0. The van der Waals surface area contributed by atoms with E-state index in [0.717, 1.165) is 34.3 Å². The summed E-state index contributed by atoms with van der Waals surface area (Å²) >= 11 is 1.82. The number of fused-ring (bicyclic) bond motifs is 5. The Bertz CT molecular complexity index is 1130. The number of rotatable bonds is 5. The van der Waals surface area contributed by atoms with Crippen LogP contribution in [0.5, 0.6) is 11.5 Å². The van der Waals surface area contributed by atoms with E-state index in [9.17, 15) is 0 Å². The number of aryl methyl sites for hydroxylation is 1. The van der Waals surface area contributed by atoms with Crippen LogP contribution < -0.4 is 9.47 Å². The van der Waals surface area contributed by atoms with Crippen molar-refractivity contribution in [2.24, 2.45) is 5.92 Å². The Labute approximate surface area is 167 Å². The fourth-order valence-electron chi connectivity index (χ4n) is 3.92. The molecule has 0 radical (unpaired) electrons. The van der Waals surface area contributed by atoms with Gasteiger partial charge in [0, 0.05) is 4.88 Å². The largest absolute Gasteiger partial charge is 0.497 e. The Hall–Kier alpha value is -2.67. The molecule has 3 heterocycles. The lowest BCUT2D eigenvalue weighted by Gasteiger charge is -2.20. The fraction of sp³-hybridized carbons (Fsp3) is 0.381. The highest BCUT2D eigenvalue weighted by atomic mass is 32.1. The summed E-state index contributed by atoms with van der Waals surface area (Å²) in [7, 11) is 1.65. The van der Waals surface area contributed by atoms with E-state index in [1.54, 1.807) is 18.0 Å². The smallest absolute Gasteiger partial charge is 0.189 e. The number of hydrogen-bond acceptors (Lipinski definition) is 6. The van der Waals surface area contributed by atoms with Crippen LogP contribution in [-0.4, -0.2) is 26.7 Å². The molecule has 6 nitrogen and oxygen atoms in total. The second kappa shape index (κ2) is 7.05. The maximum Gasteiger partial charge on any atom is 0.189 e. The SMILES string of the molecule is CCC1CCc2c(sc3ncn4nc(COc5ccc(OC)cc5)nc4c23)C1. The number of aromatic nitrogens is 4. The van der Waals surface area contributed by atoms with Crippen LogP contribution >= 0.6 is 11.3 Å². The second-order valence-electron chi connectivity index (χ2n) is 7.21. The highest BCUT2D eigenvalue weighted by molar-refractivity contribution is 7.19. The fourth-order valence-corrected chi connectivity index (χ4v) is 5.21. The van der Waals surface area contributed by atoms with Gasteiger partial charge < -0.3 is 9.47 Å². The van der Waals surface area contributed by atoms with E-state index in [1.807, 2.05) is 35.6 Å². The summed E-state index contributed by atoms with van der Waals surface area (Å²) in [5.74, 6) is 3.02. The summed E-state index contributed by atoms with van der Waals surface area (Å²) < 4.78 is 12.8. The van der Waals surface area contributed by atoms with Crippen molar-refractivity contribution in [1.82, 2.24) is 19.6 Å². The van der Waals surface area contributed by atoms with Gasteiger partial charge in [-0.15, -0.1) is 16.4 Å². The molecule has 0 N–H and O–H groups in total. The van der Waals surface area contributed by atoms with Crippen LogP contribution in [-0.2, 0) is 19.4 Å². The number of thiophene rings is 1. The highest BCUT2D eigenvalue weighted by Crippen LogP contribution is 2.39. The van der Waals surface area contributed by atoms with Crippen LogP contribution in [0.2, 0.25) is 0 Å². The Kier molecular flexibility index (Phi) is 4.39. The molecule has 0 fully saturated rings. The molecule has 0 saturated carbocycles. The molecule has 0 amide bonds. The lowest BCUT2D eigenvalue weighted by atomic mass is 9.86. The zero-order valence-corrected chi connectivity index (χ0v) is 16.8. The van der Waals surface area contributed by atoms with Gasteiger partial charge in [-0.3, -0.25) is 0 Å². The number of methoxy groups -OCH3 is 1. The van der Waals surface area contributed by atoms with E-state index in [4.69, 9.17) is 14.5 Å². The highest BCUT2D eigenvalue weighted by Gasteiger charge is 2.24. The zero-order chi connectivity index (χ0) is 19.1. The Morgan fingerprint density at radius 3 is 2.82 bits per heavy atom. The van der Waals surface area contributed by atoms with Crippen LogP contribution in [0.25, 0.3) is 15.9 Å². The average Bonchev–Trinajstić information content (AvgIpc) is 3.32. The standard InChI is InChI=1S/C21H22N4O2S/c1-3-13-4-9-16-17(10-13)28-21-19(16)20-23-18(24-25(20)12-22-21)11-27-15-7-5-14(26-2)6-8-15/h5-8,12-13H,3-4,9-11H2,1-2H3. The first kappa shape index (κ1) is 17.4. The molecule has 1 aliphatic carbocycles. The third-order valence-electron chi connectivity index (χ3n) is 5.54. The lowest BCUT2D eigenvalue weighted by molar-refractivity contribution is 0.295. The van der Waals surface area contributed by atoms with Crippen LogP contribution in [0.4, 0.5) is 0 Å². The maximum atomic E-state index is 5.84. The summed E-state index contributed by atoms with van der Waals surface area (Å²) in [4.78, 5) is 12.0. The van der Waals surface area contributed by atoms with Crippen molar-refractivity contribution in [2.45, 2.75) is 39.2 Å². The minimum absolute atomic E-state index is 0.319. The third-order valence-corrected chi connectivity index (χ3v) is 6.70. The molecular formula is C21H22N4O2S. The molecule has 7 heteroatoms. The van der Waals surface area contributed by atoms with Gasteiger partial charge in [-0.2, -0.15) is 0 Å². The van der Waals surface area contributed by atoms with Crippen molar-refractivity contribution in [1.29, 1.82) is 0 Å². The quantitative estimate of drug-likeness (QED) is 0.501. The van der Waals surface area contributed by atoms with Crippen molar-refractivity contribution in [3.8, 4) is 11.5 Å². The van der Waals surface area contributed by atoms with E-state index in [2.05, 4.69) is 17.0 Å². The molecule has 1 aromatic carbocycles. The van der Waals surface area contributed by atoms with E-state index >= 15 is 0 Å². The van der Waals surface area contributed by atoms with Gasteiger partial charge in [0.05, 0.1) is 12.5 Å². The minimum atomic E-state index is 0.319. The molecule has 0 saturated heterocycles. The molecule has 0 bridgehead atoms. The molecule has 3 aromatic heterocycles. The van der Waals surface area contributed by atoms with Gasteiger partial charge in [0.1, 0.15) is 29.3 Å². The number of ether oxygens (including phenoxy) is 2. The molecule has 5 rings (SSSR count). The molecule has 144 valence electrons. The first-order valence-electron chi connectivity index (χ1n) is 9.66. The van der Waals surface area contributed by atoms with Crippen molar-refractivity contribution in [3.63, 3.8) is 0 Å². The van der Waals surface area contributed by atoms with Crippen LogP contribution in [0, 0.1) is 5.92 Å². The lowest BCUT2D eigenvalue weighted by Crippen LogP contribution is -2.11. The van der Waals surface area contributed by atoms with Gasteiger partial charge in [0.2, 0.25) is 0 Å². The van der Waals surface area contributed by atoms with Gasteiger partial charge in [-0.25, -0.2) is 14.5 Å². The molecule has 28 heavy (non-hydrogen) atoms. The Balaban J connectivity index is 1.45. The van der Waals surface area contributed by atoms with Gasteiger partial charge in [-0.1, -0.05) is 13.3 Å². The molecular weight excluding hydrogens is 372 g/mol. The summed E-state index contributed by atoms with van der Waals surface area (Å²) in [5.41, 5.74) is 2.32. The molecule has 0 spiro atoms. The first-order chi connectivity index (χ1) is 13.7. The summed E-state index contributed by atoms with van der Waals surface area (Å²) in [5, 5.41) is 5.75. The average molecular weight is 395 g/mol. The molecule has 1 unspecified atom stereocenters. The van der Waals surface area contributed by atoms with Gasteiger partial charge in [-0.05, 0) is 55.0 Å². The van der Waals surface area contributed by atoms with E-state index in [1.165, 1.54) is 35.1 Å². The normalized spacial score (nSPS) is 16.4. The van der Waals surface area contributed by atoms with Crippen molar-refractivity contribution < 1.29 is 9.47 Å². The maximum absolute atomic E-state index is 5.84. The number of benzene rings is 1. The third kappa shape index (κ3) is 2.99. The van der Waals surface area contributed by atoms with Crippen LogP contribution in [0.15, 0.2) is 30.6 Å². The summed E-state index contributed by atoms with van der Waals surface area (Å²) in [6.07, 6.45) is 6.54. The Morgan fingerprint density at radius 1 is 1.21 bits per heavy atom. The topological polar surface area (TPSA) is 61.5 Å². The van der Waals surface area contributed by atoms with Crippen molar-refractivity contribution in [2.75, 3.05) is 7.11 Å². The van der Waals surface area contributed by atoms with Crippen molar-refractivity contribution in [3.05, 3.63) is 46.9 Å². The minimum Gasteiger partial charge on any atom is -0.497 e. The summed E-state index contributed by atoms with van der Waals surface area (Å²) in [6, 6.07) is 7.52. The second-order valence-corrected chi connectivity index (χ2v) is 8.29. The zero-order valence-electron chi connectivity index (χ0n) is 16.0. The number of nitrogens with zero attached hydrogens (tertiary/aromatic N) is 4. The van der Waals surface area contributed by atoms with Gasteiger partial charge in [0.15, 0.2) is 11.5 Å². The van der Waals surface area contributed by atoms with Crippen LogP contribution in [0.3, 0.4) is 0 Å². The van der Waals surface area contributed by atoms with E-state index in [-0.39, 0.29) is 0 Å². The Morgan fingerprint density at radius 2 is 2.04 bits per heavy atom. The molecule has 1 atom stereocenters. The molecule has 1 aliphatic rings. The predicted octanol–water partition coefficient (Wildman–Crippen LogP) is 4.44. The van der Waals surface area contributed by atoms with Gasteiger partial charge >= 0.3 is 0 Å². The first-order valence-corrected chi connectivity index (χ1v) is 10.5. The monoisotopic (exact) mass is 394 g/mol. The van der Waals surface area contributed by atoms with Gasteiger partial charge in [0.25, 0.3) is 0 Å². The van der Waals surface area contributed by atoms with Crippen LogP contribution in [0.1, 0.15) is 36.0 Å². The molecule has 0 aliphatic heterocycles. The van der Waals surface area contributed by atoms with E-state index in [0.29, 0.717) is 12.4 Å². The van der Waals surface area contributed by atoms with E-state index < -0.39 is 0 Å².